The second kappa shape index (κ2) is 8.92. The summed E-state index contributed by atoms with van der Waals surface area (Å²) in [4.78, 5) is 12.8. The highest BCUT2D eigenvalue weighted by atomic mass is 32.2. The van der Waals surface area contributed by atoms with Gasteiger partial charge in [0.1, 0.15) is 0 Å². The first-order valence-electron chi connectivity index (χ1n) is 9.44. The number of aryl methyl sites for hydroxylation is 1. The lowest BCUT2D eigenvalue weighted by molar-refractivity contribution is 0.0935. The van der Waals surface area contributed by atoms with Crippen molar-refractivity contribution < 1.29 is 13.2 Å². The van der Waals surface area contributed by atoms with E-state index >= 15 is 0 Å². The number of anilines is 1. The fraction of sp³-hybridized carbons (Fsp3) is 0.174. The highest BCUT2D eigenvalue weighted by molar-refractivity contribution is 7.92. The van der Waals surface area contributed by atoms with Crippen molar-refractivity contribution in [1.29, 1.82) is 0 Å². The van der Waals surface area contributed by atoms with Gasteiger partial charge in [-0.15, -0.1) is 0 Å². The Labute approximate surface area is 171 Å². The second-order valence-electron chi connectivity index (χ2n) is 6.84. The van der Waals surface area contributed by atoms with Crippen molar-refractivity contribution in [1.82, 2.24) is 5.32 Å². The number of carbonyl (C=O) groups excluding carboxylic acids is 1. The molecule has 1 amide bonds. The number of carbonyl (C=O) groups is 1. The number of para-hydroxylation sites is 1. The van der Waals surface area contributed by atoms with Gasteiger partial charge in [0.25, 0.3) is 15.9 Å². The summed E-state index contributed by atoms with van der Waals surface area (Å²) in [6, 6.07) is 22.5. The first kappa shape index (κ1) is 20.6. The Morgan fingerprint density at radius 1 is 0.931 bits per heavy atom. The van der Waals surface area contributed by atoms with Crippen LogP contribution in [0.2, 0.25) is 0 Å². The van der Waals surface area contributed by atoms with Gasteiger partial charge < -0.3 is 5.32 Å². The zero-order chi connectivity index (χ0) is 20.9. The maximum atomic E-state index is 12.8. The minimum atomic E-state index is -3.79. The first-order chi connectivity index (χ1) is 13.9. The van der Waals surface area contributed by atoms with E-state index in [0.29, 0.717) is 11.3 Å². The van der Waals surface area contributed by atoms with Crippen molar-refractivity contribution >= 4 is 21.6 Å². The van der Waals surface area contributed by atoms with Crippen molar-refractivity contribution in [2.45, 2.75) is 31.2 Å². The minimum absolute atomic E-state index is 0.0392. The molecule has 3 aromatic carbocycles. The van der Waals surface area contributed by atoms with Crippen molar-refractivity contribution in [3.63, 3.8) is 0 Å². The summed E-state index contributed by atoms with van der Waals surface area (Å²) in [5.74, 6) is -0.311. The molecule has 0 fully saturated rings. The monoisotopic (exact) mass is 408 g/mol. The predicted molar refractivity (Wildman–Crippen MR) is 115 cm³/mol. The number of sulfonamides is 1. The van der Waals surface area contributed by atoms with Crippen LogP contribution in [-0.4, -0.2) is 14.3 Å². The Hall–Kier alpha value is -3.12. The zero-order valence-corrected chi connectivity index (χ0v) is 17.2. The summed E-state index contributed by atoms with van der Waals surface area (Å²) < 4.78 is 27.9. The van der Waals surface area contributed by atoms with Crippen LogP contribution >= 0.6 is 0 Å². The lowest BCUT2D eigenvalue weighted by atomic mass is 10.0. The van der Waals surface area contributed by atoms with Crippen LogP contribution in [0.25, 0.3) is 0 Å². The van der Waals surface area contributed by atoms with Crippen LogP contribution in [0.15, 0.2) is 83.8 Å². The van der Waals surface area contributed by atoms with Gasteiger partial charge in [0.05, 0.1) is 10.9 Å². The van der Waals surface area contributed by atoms with E-state index in [2.05, 4.69) is 10.0 Å². The van der Waals surface area contributed by atoms with Gasteiger partial charge in [-0.05, 0) is 49.2 Å². The molecule has 1 atom stereocenters. The van der Waals surface area contributed by atoms with Crippen molar-refractivity contribution in [3.8, 4) is 0 Å². The average molecular weight is 409 g/mol. The molecular formula is C23H24N2O3S. The quantitative estimate of drug-likeness (QED) is 0.596. The van der Waals surface area contributed by atoms with E-state index in [0.717, 1.165) is 17.5 Å². The Kier molecular flexibility index (Phi) is 6.34. The molecule has 150 valence electrons. The van der Waals surface area contributed by atoms with Crippen LogP contribution in [0.4, 0.5) is 5.69 Å². The molecule has 0 aliphatic heterocycles. The predicted octanol–water partition coefficient (Wildman–Crippen LogP) is 4.68. The molecule has 2 N–H and O–H groups in total. The van der Waals surface area contributed by atoms with Gasteiger partial charge in [0.15, 0.2) is 0 Å². The molecule has 5 nitrogen and oxygen atoms in total. The van der Waals surface area contributed by atoms with Crippen LogP contribution in [0.5, 0.6) is 0 Å². The first-order valence-corrected chi connectivity index (χ1v) is 10.9. The van der Waals surface area contributed by atoms with Crippen LogP contribution in [0.3, 0.4) is 0 Å². The zero-order valence-electron chi connectivity index (χ0n) is 16.4. The van der Waals surface area contributed by atoms with Crippen LogP contribution < -0.4 is 10.0 Å². The molecule has 0 saturated carbocycles. The molecule has 0 heterocycles. The van der Waals surface area contributed by atoms with E-state index in [9.17, 15) is 13.2 Å². The Morgan fingerprint density at radius 2 is 1.62 bits per heavy atom. The third kappa shape index (κ3) is 5.23. The number of rotatable bonds is 7. The van der Waals surface area contributed by atoms with Gasteiger partial charge in [0, 0.05) is 11.3 Å². The fourth-order valence-corrected chi connectivity index (χ4v) is 4.09. The van der Waals surface area contributed by atoms with E-state index in [-0.39, 0.29) is 16.8 Å². The smallest absolute Gasteiger partial charge is 0.261 e. The largest absolute Gasteiger partial charge is 0.345 e. The number of hydrogen-bond donors (Lipinski definition) is 2. The molecule has 6 heteroatoms. The maximum absolute atomic E-state index is 12.8. The lowest BCUT2D eigenvalue weighted by Gasteiger charge is -2.18. The highest BCUT2D eigenvalue weighted by Gasteiger charge is 2.18. The van der Waals surface area contributed by atoms with Gasteiger partial charge >= 0.3 is 0 Å². The summed E-state index contributed by atoms with van der Waals surface area (Å²) in [5.41, 5.74) is 2.93. The summed E-state index contributed by atoms with van der Waals surface area (Å²) in [7, 11) is -3.79. The normalized spacial score (nSPS) is 12.2. The van der Waals surface area contributed by atoms with Crippen molar-refractivity contribution in [2.24, 2.45) is 0 Å². The fourth-order valence-electron chi connectivity index (χ4n) is 2.99. The molecule has 0 aromatic heterocycles. The molecule has 0 aliphatic rings. The average Bonchev–Trinajstić information content (AvgIpc) is 2.73. The van der Waals surface area contributed by atoms with Crippen LogP contribution in [-0.2, 0) is 10.0 Å². The van der Waals surface area contributed by atoms with Gasteiger partial charge in [-0.25, -0.2) is 8.42 Å². The molecular weight excluding hydrogens is 384 g/mol. The summed E-state index contributed by atoms with van der Waals surface area (Å²) in [5, 5.41) is 2.99. The highest BCUT2D eigenvalue weighted by Crippen LogP contribution is 2.20. The molecule has 3 aromatic rings. The summed E-state index contributed by atoms with van der Waals surface area (Å²) in [6.45, 7) is 4.01. The number of nitrogens with one attached hydrogen (secondary N) is 2. The summed E-state index contributed by atoms with van der Waals surface area (Å²) in [6.07, 6.45) is 0.725. The minimum Gasteiger partial charge on any atom is -0.345 e. The third-order valence-corrected chi connectivity index (χ3v) is 6.00. The van der Waals surface area contributed by atoms with E-state index in [4.69, 9.17) is 0 Å². The van der Waals surface area contributed by atoms with E-state index < -0.39 is 10.0 Å². The molecule has 0 bridgehead atoms. The van der Waals surface area contributed by atoms with Crippen LogP contribution in [0.1, 0.15) is 40.9 Å². The molecule has 0 spiro atoms. The number of amides is 1. The Morgan fingerprint density at radius 3 is 2.28 bits per heavy atom. The van der Waals surface area contributed by atoms with Gasteiger partial charge in [-0.1, -0.05) is 61.0 Å². The molecule has 0 radical (unpaired) electrons. The van der Waals surface area contributed by atoms with E-state index in [1.165, 1.54) is 12.1 Å². The van der Waals surface area contributed by atoms with Crippen LogP contribution in [0, 0.1) is 6.92 Å². The molecule has 0 aliphatic carbocycles. The lowest BCUT2D eigenvalue weighted by Crippen LogP contribution is -2.28. The maximum Gasteiger partial charge on any atom is 0.261 e. The Balaban J connectivity index is 1.79. The van der Waals surface area contributed by atoms with Gasteiger partial charge in [-0.2, -0.15) is 0 Å². The molecule has 0 saturated heterocycles. The molecule has 3 rings (SSSR count). The van der Waals surface area contributed by atoms with Gasteiger partial charge in [-0.3, -0.25) is 9.52 Å². The number of benzene rings is 3. The van der Waals surface area contributed by atoms with E-state index in [1.54, 1.807) is 42.5 Å². The van der Waals surface area contributed by atoms with E-state index in [1.807, 2.05) is 38.1 Å². The summed E-state index contributed by atoms with van der Waals surface area (Å²) >= 11 is 0. The van der Waals surface area contributed by atoms with Crippen molar-refractivity contribution in [2.75, 3.05) is 4.72 Å². The van der Waals surface area contributed by atoms with Crippen molar-refractivity contribution in [3.05, 3.63) is 95.6 Å². The number of hydrogen-bond acceptors (Lipinski definition) is 3. The topological polar surface area (TPSA) is 75.3 Å². The Bertz CT molecular complexity index is 1080. The molecule has 0 unspecified atom stereocenters. The van der Waals surface area contributed by atoms with Gasteiger partial charge in [0.2, 0.25) is 0 Å². The standard InChI is InChI=1S/C23H24N2O3S/c1-3-22(18-14-12-17(2)13-15-18)24-23(26)19-8-7-11-21(16-19)29(27,28)25-20-9-5-4-6-10-20/h4-16,22,25H,3H2,1-2H3,(H,24,26)/t22-/m0/s1. The third-order valence-electron chi connectivity index (χ3n) is 4.63. The molecule has 29 heavy (non-hydrogen) atoms. The SMILES string of the molecule is CC[C@H](NC(=O)c1cccc(S(=O)(=O)Nc2ccccc2)c1)c1ccc(C)cc1. The second-order valence-corrected chi connectivity index (χ2v) is 8.53.